The van der Waals surface area contributed by atoms with Crippen molar-refractivity contribution in [3.05, 3.63) is 18.2 Å². The van der Waals surface area contributed by atoms with E-state index in [1.54, 1.807) is 24.3 Å². The minimum absolute atomic E-state index is 0.0331. The number of aromatic nitrogens is 2. The van der Waals surface area contributed by atoms with Crippen LogP contribution in [0.15, 0.2) is 12.4 Å². The van der Waals surface area contributed by atoms with Crippen molar-refractivity contribution in [2.75, 3.05) is 13.6 Å². The normalized spacial score (nSPS) is 21.2. The molecule has 1 aromatic rings. The maximum atomic E-state index is 12.2. The van der Waals surface area contributed by atoms with Crippen LogP contribution < -0.4 is 5.32 Å². The number of likely N-dealkylation sites (tertiary alicyclic amines) is 1. The SMILES string of the molecule is CN1C(=O)C[C@@H](C(=O)NCCCc2ncc[nH]2)C1(C)C. The van der Waals surface area contributed by atoms with Crippen molar-refractivity contribution in [1.29, 1.82) is 0 Å². The van der Waals surface area contributed by atoms with Crippen molar-refractivity contribution < 1.29 is 9.59 Å². The van der Waals surface area contributed by atoms with Crippen molar-refractivity contribution >= 4 is 11.8 Å². The summed E-state index contributed by atoms with van der Waals surface area (Å²) in [5.74, 6) is 0.650. The highest BCUT2D eigenvalue weighted by Crippen LogP contribution is 2.34. The molecule has 1 atom stereocenters. The zero-order valence-electron chi connectivity index (χ0n) is 12.3. The molecule has 1 aliphatic rings. The molecule has 0 spiro atoms. The lowest BCUT2D eigenvalue weighted by Gasteiger charge is -2.32. The third-order valence-corrected chi connectivity index (χ3v) is 4.23. The Labute approximate surface area is 119 Å². The third-order valence-electron chi connectivity index (χ3n) is 4.23. The van der Waals surface area contributed by atoms with Crippen LogP contribution in [-0.2, 0) is 16.0 Å². The van der Waals surface area contributed by atoms with Crippen molar-refractivity contribution in [2.24, 2.45) is 5.92 Å². The number of nitrogens with zero attached hydrogens (tertiary/aromatic N) is 2. The van der Waals surface area contributed by atoms with E-state index < -0.39 is 5.54 Å². The van der Waals surface area contributed by atoms with Gasteiger partial charge in [0.05, 0.1) is 5.92 Å². The molecule has 2 heterocycles. The first-order valence-electron chi connectivity index (χ1n) is 6.95. The Balaban J connectivity index is 1.79. The van der Waals surface area contributed by atoms with Gasteiger partial charge >= 0.3 is 0 Å². The summed E-state index contributed by atoms with van der Waals surface area (Å²) >= 11 is 0. The molecule has 1 saturated heterocycles. The number of rotatable bonds is 5. The molecule has 1 aromatic heterocycles. The number of hydrogen-bond acceptors (Lipinski definition) is 3. The second-order valence-electron chi connectivity index (χ2n) is 5.79. The van der Waals surface area contributed by atoms with Crippen LogP contribution in [0.1, 0.15) is 32.5 Å². The smallest absolute Gasteiger partial charge is 0.225 e. The van der Waals surface area contributed by atoms with E-state index in [1.165, 1.54) is 0 Å². The van der Waals surface area contributed by atoms with Gasteiger partial charge in [0, 0.05) is 44.4 Å². The van der Waals surface area contributed by atoms with Gasteiger partial charge in [-0.2, -0.15) is 0 Å². The van der Waals surface area contributed by atoms with Crippen LogP contribution in [0.4, 0.5) is 0 Å². The Morgan fingerprint density at radius 1 is 1.60 bits per heavy atom. The molecule has 1 fully saturated rings. The molecule has 20 heavy (non-hydrogen) atoms. The number of H-pyrrole nitrogens is 1. The molecule has 0 saturated carbocycles. The number of carbonyl (C=O) groups excluding carboxylic acids is 2. The second kappa shape index (κ2) is 5.64. The number of carbonyl (C=O) groups is 2. The summed E-state index contributed by atoms with van der Waals surface area (Å²) < 4.78 is 0. The van der Waals surface area contributed by atoms with Crippen LogP contribution in [0.5, 0.6) is 0 Å². The van der Waals surface area contributed by atoms with E-state index in [-0.39, 0.29) is 17.7 Å². The topological polar surface area (TPSA) is 78.1 Å². The van der Waals surface area contributed by atoms with Crippen LogP contribution in [-0.4, -0.2) is 45.8 Å². The van der Waals surface area contributed by atoms with E-state index in [0.717, 1.165) is 18.7 Å². The maximum Gasteiger partial charge on any atom is 0.225 e. The minimum atomic E-state index is -0.415. The van der Waals surface area contributed by atoms with E-state index in [9.17, 15) is 9.59 Å². The molecule has 6 heteroatoms. The lowest BCUT2D eigenvalue weighted by molar-refractivity contribution is -0.128. The first-order chi connectivity index (χ1) is 9.43. The summed E-state index contributed by atoms with van der Waals surface area (Å²) in [7, 11) is 1.76. The number of imidazole rings is 1. The zero-order chi connectivity index (χ0) is 14.8. The fourth-order valence-electron chi connectivity index (χ4n) is 2.56. The number of hydrogen-bond donors (Lipinski definition) is 2. The molecule has 1 aliphatic heterocycles. The summed E-state index contributed by atoms with van der Waals surface area (Å²) in [6.45, 7) is 4.47. The van der Waals surface area contributed by atoms with Gasteiger partial charge in [-0.25, -0.2) is 4.98 Å². The number of aryl methyl sites for hydroxylation is 1. The largest absolute Gasteiger partial charge is 0.356 e. The number of aromatic amines is 1. The minimum Gasteiger partial charge on any atom is -0.356 e. The van der Waals surface area contributed by atoms with Gasteiger partial charge in [-0.05, 0) is 20.3 Å². The Bertz CT molecular complexity index is 481. The van der Waals surface area contributed by atoms with Gasteiger partial charge in [-0.1, -0.05) is 0 Å². The summed E-state index contributed by atoms with van der Waals surface area (Å²) in [6.07, 6.45) is 5.44. The molecule has 0 aliphatic carbocycles. The van der Waals surface area contributed by atoms with Crippen molar-refractivity contribution in [1.82, 2.24) is 20.2 Å². The van der Waals surface area contributed by atoms with Gasteiger partial charge in [-0.15, -0.1) is 0 Å². The monoisotopic (exact) mass is 278 g/mol. The average molecular weight is 278 g/mol. The fourth-order valence-corrected chi connectivity index (χ4v) is 2.56. The Morgan fingerprint density at radius 3 is 2.90 bits per heavy atom. The molecule has 2 rings (SSSR count). The number of amides is 2. The van der Waals surface area contributed by atoms with Crippen LogP contribution in [0.2, 0.25) is 0 Å². The Kier molecular flexibility index (Phi) is 4.11. The number of nitrogens with one attached hydrogen (secondary N) is 2. The first-order valence-corrected chi connectivity index (χ1v) is 6.95. The van der Waals surface area contributed by atoms with E-state index in [2.05, 4.69) is 15.3 Å². The quantitative estimate of drug-likeness (QED) is 0.779. The molecular formula is C14H22N4O2. The molecule has 0 bridgehead atoms. The summed E-state index contributed by atoms with van der Waals surface area (Å²) in [4.78, 5) is 32.8. The maximum absolute atomic E-state index is 12.2. The van der Waals surface area contributed by atoms with Gasteiger partial charge in [0.1, 0.15) is 5.82 Å². The van der Waals surface area contributed by atoms with Gasteiger partial charge in [0.25, 0.3) is 0 Å². The van der Waals surface area contributed by atoms with Gasteiger partial charge in [-0.3, -0.25) is 9.59 Å². The molecule has 2 N–H and O–H groups in total. The van der Waals surface area contributed by atoms with Crippen LogP contribution in [0.3, 0.4) is 0 Å². The second-order valence-corrected chi connectivity index (χ2v) is 5.79. The van der Waals surface area contributed by atoms with E-state index >= 15 is 0 Å². The molecule has 6 nitrogen and oxygen atoms in total. The standard InChI is InChI=1S/C14H22N4O2/c1-14(2)10(9-12(19)18(14)3)13(20)17-6-4-5-11-15-7-8-16-11/h7-8,10H,4-6,9H2,1-3H3,(H,15,16)(H,17,20)/t10-/m0/s1. The lowest BCUT2D eigenvalue weighted by Crippen LogP contribution is -2.47. The van der Waals surface area contributed by atoms with Crippen molar-refractivity contribution in [3.8, 4) is 0 Å². The summed E-state index contributed by atoms with van der Waals surface area (Å²) in [5.41, 5.74) is -0.415. The highest BCUT2D eigenvalue weighted by atomic mass is 16.2. The van der Waals surface area contributed by atoms with Crippen LogP contribution >= 0.6 is 0 Å². The zero-order valence-corrected chi connectivity index (χ0v) is 12.3. The van der Waals surface area contributed by atoms with Gasteiger partial charge < -0.3 is 15.2 Å². The predicted octanol–water partition coefficient (Wildman–Crippen LogP) is 0.715. The fraction of sp³-hybridized carbons (Fsp3) is 0.643. The Morgan fingerprint density at radius 2 is 2.35 bits per heavy atom. The lowest BCUT2D eigenvalue weighted by atomic mass is 9.88. The highest BCUT2D eigenvalue weighted by molar-refractivity contribution is 5.90. The van der Waals surface area contributed by atoms with Gasteiger partial charge in [0.15, 0.2) is 0 Å². The molecule has 2 amide bonds. The van der Waals surface area contributed by atoms with E-state index in [1.807, 2.05) is 13.8 Å². The highest BCUT2D eigenvalue weighted by Gasteiger charge is 2.47. The Hall–Kier alpha value is -1.85. The van der Waals surface area contributed by atoms with Crippen LogP contribution in [0.25, 0.3) is 0 Å². The van der Waals surface area contributed by atoms with E-state index in [4.69, 9.17) is 0 Å². The van der Waals surface area contributed by atoms with Crippen molar-refractivity contribution in [3.63, 3.8) is 0 Å². The van der Waals surface area contributed by atoms with Crippen molar-refractivity contribution in [2.45, 2.75) is 38.6 Å². The van der Waals surface area contributed by atoms with E-state index in [0.29, 0.717) is 13.0 Å². The third kappa shape index (κ3) is 2.84. The summed E-state index contributed by atoms with van der Waals surface area (Å²) in [5, 5.41) is 2.92. The molecule has 0 unspecified atom stereocenters. The predicted molar refractivity (Wildman–Crippen MR) is 74.9 cm³/mol. The average Bonchev–Trinajstić information content (AvgIpc) is 2.98. The van der Waals surface area contributed by atoms with Gasteiger partial charge in [0.2, 0.25) is 11.8 Å². The molecule has 0 aromatic carbocycles. The van der Waals surface area contributed by atoms with Crippen LogP contribution in [0, 0.1) is 5.92 Å². The molecule has 110 valence electrons. The molecule has 0 radical (unpaired) electrons. The first kappa shape index (κ1) is 14.6. The molecular weight excluding hydrogens is 256 g/mol. The summed E-state index contributed by atoms with van der Waals surface area (Å²) in [6, 6.07) is 0.